The molecule has 1 aromatic heterocycles. The Labute approximate surface area is 145 Å². The molecule has 2 heterocycles. The van der Waals surface area contributed by atoms with E-state index in [2.05, 4.69) is 28.8 Å². The largest absolute Gasteiger partial charge is 0.390 e. The summed E-state index contributed by atoms with van der Waals surface area (Å²) in [6, 6.07) is 16.1. The molecule has 130 valence electrons. The number of rotatable bonds is 1. The van der Waals surface area contributed by atoms with E-state index < -0.39 is 18.0 Å². The van der Waals surface area contributed by atoms with Crippen LogP contribution >= 0.6 is 0 Å². The number of aliphatic hydroxyl groups excluding tert-OH is 2. The first-order chi connectivity index (χ1) is 12.2. The van der Waals surface area contributed by atoms with Crippen molar-refractivity contribution in [1.29, 1.82) is 0 Å². The number of hydrogen-bond acceptors (Lipinski definition) is 4. The van der Waals surface area contributed by atoms with Crippen LogP contribution in [0.4, 0.5) is 0 Å². The summed E-state index contributed by atoms with van der Waals surface area (Å²) in [5.41, 5.74) is 2.10. The monoisotopic (exact) mass is 339 g/mol. The molecular formula is C20H21NO4. The Kier molecular flexibility index (Phi) is 3.40. The molecule has 5 nitrogen and oxygen atoms in total. The van der Waals surface area contributed by atoms with Crippen molar-refractivity contribution in [2.24, 2.45) is 0 Å². The lowest BCUT2D eigenvalue weighted by Crippen LogP contribution is -2.51. The fraction of sp³-hybridized carbons (Fsp3) is 0.400. The van der Waals surface area contributed by atoms with Gasteiger partial charge >= 0.3 is 0 Å². The molecule has 1 saturated carbocycles. The maximum absolute atomic E-state index is 10.8. The maximum Gasteiger partial charge on any atom is 0.173 e. The zero-order chi connectivity index (χ0) is 17.0. The Hall–Kier alpha value is -1.92. The second kappa shape index (κ2) is 5.54. The highest BCUT2D eigenvalue weighted by molar-refractivity contribution is 6.08. The van der Waals surface area contributed by atoms with Crippen LogP contribution in [-0.2, 0) is 9.47 Å². The number of hydrogen-bond donors (Lipinski definition) is 2. The summed E-state index contributed by atoms with van der Waals surface area (Å²) in [6.07, 6.45) is -0.912. The Morgan fingerprint density at radius 2 is 1.40 bits per heavy atom. The van der Waals surface area contributed by atoms with Gasteiger partial charge in [-0.1, -0.05) is 36.4 Å². The molecular weight excluding hydrogens is 318 g/mol. The predicted molar refractivity (Wildman–Crippen MR) is 94.4 cm³/mol. The van der Waals surface area contributed by atoms with Crippen molar-refractivity contribution in [1.82, 2.24) is 4.57 Å². The molecule has 5 rings (SSSR count). The fourth-order valence-corrected chi connectivity index (χ4v) is 4.51. The highest BCUT2D eigenvalue weighted by Crippen LogP contribution is 2.44. The topological polar surface area (TPSA) is 63.9 Å². The molecule has 0 radical (unpaired) electrons. The normalized spacial score (nSPS) is 29.0. The second-order valence-corrected chi connectivity index (χ2v) is 7.05. The third kappa shape index (κ3) is 2.24. The molecule has 1 aliphatic heterocycles. The molecule has 0 unspecified atom stereocenters. The average Bonchev–Trinajstić information content (AvgIpc) is 3.21. The number of aliphatic hydroxyl groups is 2. The van der Waals surface area contributed by atoms with Crippen LogP contribution in [0.3, 0.4) is 0 Å². The van der Waals surface area contributed by atoms with Gasteiger partial charge in [-0.25, -0.2) is 0 Å². The minimum absolute atomic E-state index is 0.307. The first-order valence-corrected chi connectivity index (χ1v) is 8.80. The predicted octanol–water partition coefficient (Wildman–Crippen LogP) is 2.59. The number of aromatic nitrogens is 1. The summed E-state index contributed by atoms with van der Waals surface area (Å²) < 4.78 is 13.8. The van der Waals surface area contributed by atoms with Crippen LogP contribution < -0.4 is 0 Å². The van der Waals surface area contributed by atoms with Gasteiger partial charge in [-0.15, -0.1) is 0 Å². The van der Waals surface area contributed by atoms with Gasteiger partial charge < -0.3 is 24.3 Å². The molecule has 2 aromatic carbocycles. The van der Waals surface area contributed by atoms with Crippen molar-refractivity contribution < 1.29 is 19.7 Å². The Morgan fingerprint density at radius 1 is 0.840 bits per heavy atom. The molecule has 5 heteroatoms. The van der Waals surface area contributed by atoms with E-state index in [0.717, 1.165) is 21.8 Å². The quantitative estimate of drug-likeness (QED) is 0.715. The summed E-state index contributed by atoms with van der Waals surface area (Å²) in [5, 5.41) is 23.6. The average molecular weight is 339 g/mol. The van der Waals surface area contributed by atoms with Gasteiger partial charge in [0.1, 0.15) is 6.10 Å². The summed E-state index contributed by atoms with van der Waals surface area (Å²) in [5.74, 6) is -0.796. The van der Waals surface area contributed by atoms with Gasteiger partial charge in [0, 0.05) is 34.6 Å². The highest BCUT2D eigenvalue weighted by atomic mass is 16.7. The third-order valence-electron chi connectivity index (χ3n) is 5.59. The van der Waals surface area contributed by atoms with Crippen molar-refractivity contribution in [3.05, 3.63) is 48.5 Å². The van der Waals surface area contributed by atoms with E-state index in [0.29, 0.717) is 26.1 Å². The maximum atomic E-state index is 10.8. The first-order valence-electron chi connectivity index (χ1n) is 8.80. The van der Waals surface area contributed by atoms with Gasteiger partial charge in [-0.2, -0.15) is 0 Å². The van der Waals surface area contributed by atoms with E-state index in [9.17, 15) is 10.2 Å². The lowest BCUT2D eigenvalue weighted by Gasteiger charge is -2.42. The van der Waals surface area contributed by atoms with E-state index in [4.69, 9.17) is 9.47 Å². The minimum Gasteiger partial charge on any atom is -0.390 e. The standard InChI is InChI=1S/C20H21NO4/c22-18-12-20(24-9-10-25-20)11-17(19(18)23)21-15-7-3-1-5-13(15)14-6-2-4-8-16(14)21/h1-8,17-19,22-23H,9-12H2/t17-,18-,19+/m0/s1. The van der Waals surface area contributed by atoms with E-state index in [1.807, 2.05) is 24.3 Å². The van der Waals surface area contributed by atoms with Gasteiger partial charge in [0.25, 0.3) is 0 Å². The molecule has 2 fully saturated rings. The molecule has 2 aliphatic rings. The molecule has 1 aliphatic carbocycles. The van der Waals surface area contributed by atoms with Crippen molar-refractivity contribution in [2.45, 2.75) is 36.9 Å². The zero-order valence-corrected chi connectivity index (χ0v) is 13.8. The van der Waals surface area contributed by atoms with Crippen LogP contribution in [0.1, 0.15) is 18.9 Å². The second-order valence-electron chi connectivity index (χ2n) is 7.05. The van der Waals surface area contributed by atoms with Gasteiger partial charge in [-0.05, 0) is 12.1 Å². The highest BCUT2D eigenvalue weighted by Gasteiger charge is 2.50. The summed E-state index contributed by atoms with van der Waals surface area (Å²) in [4.78, 5) is 0. The van der Waals surface area contributed by atoms with Crippen LogP contribution in [0.15, 0.2) is 48.5 Å². The summed E-state index contributed by atoms with van der Waals surface area (Å²) in [7, 11) is 0. The number of para-hydroxylation sites is 2. The lowest BCUT2D eigenvalue weighted by molar-refractivity contribution is -0.225. The fourth-order valence-electron chi connectivity index (χ4n) is 4.51. The minimum atomic E-state index is -0.878. The van der Waals surface area contributed by atoms with E-state index in [-0.39, 0.29) is 6.04 Å². The molecule has 0 bridgehead atoms. The van der Waals surface area contributed by atoms with Crippen LogP contribution in [-0.4, -0.2) is 46.0 Å². The molecule has 1 spiro atoms. The van der Waals surface area contributed by atoms with Gasteiger partial charge in [0.15, 0.2) is 5.79 Å². The van der Waals surface area contributed by atoms with Crippen LogP contribution in [0.2, 0.25) is 0 Å². The molecule has 2 N–H and O–H groups in total. The number of nitrogens with zero attached hydrogens (tertiary/aromatic N) is 1. The number of fused-ring (bicyclic) bond motifs is 3. The van der Waals surface area contributed by atoms with E-state index in [1.54, 1.807) is 0 Å². The molecule has 0 amide bonds. The zero-order valence-electron chi connectivity index (χ0n) is 13.8. The van der Waals surface area contributed by atoms with E-state index in [1.165, 1.54) is 0 Å². The van der Waals surface area contributed by atoms with Crippen LogP contribution in [0, 0.1) is 0 Å². The number of ether oxygens (including phenoxy) is 2. The third-order valence-corrected chi connectivity index (χ3v) is 5.59. The van der Waals surface area contributed by atoms with Crippen molar-refractivity contribution in [3.63, 3.8) is 0 Å². The SMILES string of the molecule is O[C@H]1[C@@H](O)CC2(C[C@@H]1n1c3ccccc3c3ccccc31)OCCO2. The summed E-state index contributed by atoms with van der Waals surface area (Å²) in [6.45, 7) is 1.06. The van der Waals surface area contributed by atoms with Gasteiger partial charge in [0.2, 0.25) is 0 Å². The molecule has 1 saturated heterocycles. The lowest BCUT2D eigenvalue weighted by atomic mass is 9.84. The van der Waals surface area contributed by atoms with Gasteiger partial charge in [0.05, 0.1) is 25.4 Å². The van der Waals surface area contributed by atoms with Gasteiger partial charge in [-0.3, -0.25) is 0 Å². The Bertz CT molecular complexity index is 874. The van der Waals surface area contributed by atoms with Crippen molar-refractivity contribution in [3.8, 4) is 0 Å². The van der Waals surface area contributed by atoms with Crippen LogP contribution in [0.5, 0.6) is 0 Å². The summed E-state index contributed by atoms with van der Waals surface area (Å²) >= 11 is 0. The smallest absolute Gasteiger partial charge is 0.173 e. The molecule has 25 heavy (non-hydrogen) atoms. The molecule has 3 atom stereocenters. The number of benzene rings is 2. The molecule has 3 aromatic rings. The van der Waals surface area contributed by atoms with E-state index >= 15 is 0 Å². The van der Waals surface area contributed by atoms with Crippen LogP contribution in [0.25, 0.3) is 21.8 Å². The Balaban J connectivity index is 1.73. The van der Waals surface area contributed by atoms with Crippen molar-refractivity contribution >= 4 is 21.8 Å². The van der Waals surface area contributed by atoms with Crippen molar-refractivity contribution in [2.75, 3.05) is 13.2 Å². The first kappa shape index (κ1) is 15.3. The Morgan fingerprint density at radius 3 is 2.00 bits per heavy atom.